The van der Waals surface area contributed by atoms with Crippen molar-refractivity contribution in [1.82, 2.24) is 4.57 Å². The largest absolute Gasteiger partial charge is 0.454 e. The second kappa shape index (κ2) is 9.11. The normalized spacial score (nSPS) is 11.6. The number of nitrogens with zero attached hydrogens (tertiary/aromatic N) is 1. The van der Waals surface area contributed by atoms with Crippen LogP contribution in [0.4, 0.5) is 0 Å². The lowest BCUT2D eigenvalue weighted by Crippen LogP contribution is -2.13. The molecule has 2 aromatic carbocycles. The van der Waals surface area contributed by atoms with Crippen LogP contribution in [-0.2, 0) is 19.6 Å². The molecule has 0 aliphatic rings. The highest BCUT2D eigenvalue weighted by atomic mass is 32.2. The summed E-state index contributed by atoms with van der Waals surface area (Å²) in [5.41, 5.74) is 3.39. The maximum atomic E-state index is 12.6. The maximum Gasteiger partial charge on any atom is 0.331 e. The molecule has 1 heterocycles. The van der Waals surface area contributed by atoms with E-state index in [1.807, 2.05) is 41.8 Å². The lowest BCUT2D eigenvalue weighted by atomic mass is 10.1. The zero-order valence-electron chi connectivity index (χ0n) is 17.1. The predicted octanol–water partition coefficient (Wildman–Crippen LogP) is 3.18. The Hall–Kier alpha value is -3.49. The Labute approximate surface area is 180 Å². The van der Waals surface area contributed by atoms with E-state index >= 15 is 0 Å². The Morgan fingerprint density at radius 1 is 1.03 bits per heavy atom. The number of ether oxygens (including phenoxy) is 1. The van der Waals surface area contributed by atoms with Gasteiger partial charge in [-0.05, 0) is 55.8 Å². The lowest BCUT2D eigenvalue weighted by molar-refractivity contribution is -0.136. The van der Waals surface area contributed by atoms with Gasteiger partial charge >= 0.3 is 5.97 Å². The molecular weight excluding hydrogens is 416 g/mol. The standard InChI is InChI=1S/C23H22N2O5S/c1-16-14-21(17(2)25(16)19-9-11-20(12-10-19)31(24,28)29)22(26)15-30-23(27)13-8-18-6-4-3-5-7-18/h3-14H,15H2,1-2H3,(H2,24,28,29)/b13-8+. The summed E-state index contributed by atoms with van der Waals surface area (Å²) in [7, 11) is -3.79. The van der Waals surface area contributed by atoms with Crippen molar-refractivity contribution in [3.63, 3.8) is 0 Å². The molecule has 0 fully saturated rings. The van der Waals surface area contributed by atoms with E-state index < -0.39 is 16.0 Å². The van der Waals surface area contributed by atoms with Crippen molar-refractivity contribution < 1.29 is 22.7 Å². The lowest BCUT2D eigenvalue weighted by Gasteiger charge is -2.10. The first-order chi connectivity index (χ1) is 14.7. The number of hydrogen-bond acceptors (Lipinski definition) is 5. The Kier molecular flexibility index (Phi) is 6.53. The summed E-state index contributed by atoms with van der Waals surface area (Å²) in [6.07, 6.45) is 2.89. The van der Waals surface area contributed by atoms with Crippen molar-refractivity contribution in [2.75, 3.05) is 6.61 Å². The highest BCUT2D eigenvalue weighted by molar-refractivity contribution is 7.89. The van der Waals surface area contributed by atoms with Crippen LogP contribution in [0.1, 0.15) is 27.3 Å². The molecule has 0 saturated heterocycles. The summed E-state index contributed by atoms with van der Waals surface area (Å²) in [5.74, 6) is -0.938. The summed E-state index contributed by atoms with van der Waals surface area (Å²) in [4.78, 5) is 24.5. The second-order valence-electron chi connectivity index (χ2n) is 6.93. The molecule has 0 aliphatic carbocycles. The third-order valence-electron chi connectivity index (χ3n) is 4.71. The van der Waals surface area contributed by atoms with Crippen molar-refractivity contribution in [1.29, 1.82) is 0 Å². The van der Waals surface area contributed by atoms with Gasteiger partial charge in [-0.2, -0.15) is 0 Å². The number of benzene rings is 2. The molecular formula is C23H22N2O5S. The fourth-order valence-electron chi connectivity index (χ4n) is 3.22. The molecule has 0 saturated carbocycles. The average Bonchev–Trinajstić information content (AvgIpc) is 3.04. The number of rotatable bonds is 7. The summed E-state index contributed by atoms with van der Waals surface area (Å²) < 4.78 is 29.8. The number of Topliss-reactive ketones (excluding diaryl/α,β-unsaturated/α-hetero) is 1. The van der Waals surface area contributed by atoms with Gasteiger partial charge in [0.15, 0.2) is 6.61 Å². The monoisotopic (exact) mass is 438 g/mol. The summed E-state index contributed by atoms with van der Waals surface area (Å²) in [6.45, 7) is 3.21. The topological polar surface area (TPSA) is 108 Å². The maximum absolute atomic E-state index is 12.6. The van der Waals surface area contributed by atoms with E-state index in [0.29, 0.717) is 16.9 Å². The van der Waals surface area contributed by atoms with Crippen LogP contribution in [0.25, 0.3) is 11.8 Å². The number of ketones is 1. The molecule has 2 N–H and O–H groups in total. The van der Waals surface area contributed by atoms with Gasteiger partial charge in [0.2, 0.25) is 15.8 Å². The molecule has 0 atom stereocenters. The molecule has 31 heavy (non-hydrogen) atoms. The highest BCUT2D eigenvalue weighted by Gasteiger charge is 2.18. The fourth-order valence-corrected chi connectivity index (χ4v) is 3.73. The fraction of sp³-hybridized carbons (Fsp3) is 0.130. The minimum absolute atomic E-state index is 0.00508. The molecule has 0 spiro atoms. The smallest absolute Gasteiger partial charge is 0.331 e. The third-order valence-corrected chi connectivity index (χ3v) is 5.64. The predicted molar refractivity (Wildman–Crippen MR) is 117 cm³/mol. The summed E-state index contributed by atoms with van der Waals surface area (Å²) in [5, 5.41) is 5.14. The van der Waals surface area contributed by atoms with Gasteiger partial charge in [-0.1, -0.05) is 30.3 Å². The van der Waals surface area contributed by atoms with Crippen LogP contribution in [0.3, 0.4) is 0 Å². The van der Waals surface area contributed by atoms with E-state index in [1.54, 1.807) is 31.2 Å². The number of primary sulfonamides is 1. The molecule has 0 unspecified atom stereocenters. The van der Waals surface area contributed by atoms with Crippen molar-refractivity contribution in [3.05, 3.63) is 89.3 Å². The first-order valence-corrected chi connectivity index (χ1v) is 11.0. The van der Waals surface area contributed by atoms with Gasteiger partial charge in [-0.25, -0.2) is 18.4 Å². The van der Waals surface area contributed by atoms with E-state index in [0.717, 1.165) is 11.3 Å². The van der Waals surface area contributed by atoms with Crippen molar-refractivity contribution in [3.8, 4) is 5.69 Å². The van der Waals surface area contributed by atoms with Crippen LogP contribution in [0.2, 0.25) is 0 Å². The van der Waals surface area contributed by atoms with E-state index in [4.69, 9.17) is 9.88 Å². The van der Waals surface area contributed by atoms with Gasteiger partial charge < -0.3 is 9.30 Å². The van der Waals surface area contributed by atoms with E-state index in [1.165, 1.54) is 18.2 Å². The van der Waals surface area contributed by atoms with Gasteiger partial charge in [0.25, 0.3) is 0 Å². The molecule has 8 heteroatoms. The van der Waals surface area contributed by atoms with Crippen molar-refractivity contribution in [2.45, 2.75) is 18.7 Å². The molecule has 0 radical (unpaired) electrons. The van der Waals surface area contributed by atoms with Crippen LogP contribution in [0, 0.1) is 13.8 Å². The Balaban J connectivity index is 1.71. The molecule has 160 valence electrons. The Morgan fingerprint density at radius 2 is 1.68 bits per heavy atom. The van der Waals surface area contributed by atoms with Crippen LogP contribution in [0.5, 0.6) is 0 Å². The third kappa shape index (κ3) is 5.36. The number of esters is 1. The van der Waals surface area contributed by atoms with Crippen molar-refractivity contribution >= 4 is 27.9 Å². The summed E-state index contributed by atoms with van der Waals surface area (Å²) in [6, 6.07) is 17.0. The van der Waals surface area contributed by atoms with Crippen LogP contribution in [0.15, 0.2) is 71.6 Å². The van der Waals surface area contributed by atoms with Gasteiger partial charge in [0.1, 0.15) is 0 Å². The SMILES string of the molecule is Cc1cc(C(=O)COC(=O)/C=C/c2ccccc2)c(C)n1-c1ccc(S(N)(=O)=O)cc1. The molecule has 3 aromatic rings. The minimum Gasteiger partial charge on any atom is -0.454 e. The Morgan fingerprint density at radius 3 is 2.29 bits per heavy atom. The number of carbonyl (C=O) groups excluding carboxylic acids is 2. The quantitative estimate of drug-likeness (QED) is 0.346. The van der Waals surface area contributed by atoms with Crippen LogP contribution >= 0.6 is 0 Å². The van der Waals surface area contributed by atoms with E-state index in [-0.39, 0.29) is 17.3 Å². The number of carbonyl (C=O) groups is 2. The van der Waals surface area contributed by atoms with Crippen LogP contribution in [-0.4, -0.2) is 31.3 Å². The first kappa shape index (κ1) is 22.2. The average molecular weight is 439 g/mol. The van der Waals surface area contributed by atoms with E-state index in [9.17, 15) is 18.0 Å². The van der Waals surface area contributed by atoms with Crippen LogP contribution < -0.4 is 5.14 Å². The minimum atomic E-state index is -3.79. The van der Waals surface area contributed by atoms with Gasteiger partial charge in [-0.3, -0.25) is 4.79 Å². The zero-order chi connectivity index (χ0) is 22.6. The molecule has 7 nitrogen and oxygen atoms in total. The molecule has 0 amide bonds. The van der Waals surface area contributed by atoms with Crippen molar-refractivity contribution in [2.24, 2.45) is 5.14 Å². The molecule has 1 aromatic heterocycles. The number of aromatic nitrogens is 1. The highest BCUT2D eigenvalue weighted by Crippen LogP contribution is 2.22. The van der Waals surface area contributed by atoms with Gasteiger partial charge in [-0.15, -0.1) is 0 Å². The zero-order valence-corrected chi connectivity index (χ0v) is 17.9. The molecule has 0 aliphatic heterocycles. The number of hydrogen-bond donors (Lipinski definition) is 1. The molecule has 0 bridgehead atoms. The number of aryl methyl sites for hydroxylation is 1. The van der Waals surface area contributed by atoms with Gasteiger partial charge in [0, 0.05) is 28.7 Å². The summed E-state index contributed by atoms with van der Waals surface area (Å²) >= 11 is 0. The number of nitrogens with two attached hydrogens (primary N) is 1. The second-order valence-corrected chi connectivity index (χ2v) is 8.50. The van der Waals surface area contributed by atoms with Gasteiger partial charge in [0.05, 0.1) is 4.90 Å². The first-order valence-electron chi connectivity index (χ1n) is 9.42. The number of sulfonamides is 1. The van der Waals surface area contributed by atoms with E-state index in [2.05, 4.69) is 0 Å². The Bertz CT molecular complexity index is 1240. The molecule has 3 rings (SSSR count).